The summed E-state index contributed by atoms with van der Waals surface area (Å²) in [6.45, 7) is 13.9. The van der Waals surface area contributed by atoms with Gasteiger partial charge in [0.2, 0.25) is 5.91 Å². The molecule has 0 radical (unpaired) electrons. The highest BCUT2D eigenvalue weighted by molar-refractivity contribution is 5.82. The van der Waals surface area contributed by atoms with Gasteiger partial charge in [-0.15, -0.1) is 0 Å². The van der Waals surface area contributed by atoms with Gasteiger partial charge < -0.3 is 10.2 Å². The van der Waals surface area contributed by atoms with Crippen molar-refractivity contribution in [3.8, 4) is 0 Å². The van der Waals surface area contributed by atoms with Gasteiger partial charge in [0.15, 0.2) is 0 Å². The third-order valence-electron chi connectivity index (χ3n) is 4.30. The first kappa shape index (κ1) is 17.5. The van der Waals surface area contributed by atoms with E-state index in [9.17, 15) is 4.79 Å². The van der Waals surface area contributed by atoms with Crippen molar-refractivity contribution in [3.05, 3.63) is 0 Å². The van der Waals surface area contributed by atoms with Crippen LogP contribution in [0.4, 0.5) is 0 Å². The lowest BCUT2D eigenvalue weighted by molar-refractivity contribution is -0.135. The Balaban J connectivity index is 2.61. The normalized spacial score (nSPS) is 23.4. The molecule has 20 heavy (non-hydrogen) atoms. The minimum atomic E-state index is 0.0445. The highest BCUT2D eigenvalue weighted by Crippen LogP contribution is 2.18. The molecule has 1 N–H and O–H groups in total. The van der Waals surface area contributed by atoms with E-state index in [0.717, 1.165) is 32.5 Å². The Bertz CT molecular complexity index is 277. The average Bonchev–Trinajstić information content (AvgIpc) is 2.38. The molecular formula is C17H34N2O. The van der Waals surface area contributed by atoms with E-state index in [1.54, 1.807) is 0 Å². The minimum absolute atomic E-state index is 0.0445. The van der Waals surface area contributed by atoms with Crippen LogP contribution in [-0.2, 0) is 4.79 Å². The molecule has 0 spiro atoms. The Hall–Kier alpha value is -0.570. The molecular weight excluding hydrogens is 248 g/mol. The number of amides is 1. The van der Waals surface area contributed by atoms with E-state index in [2.05, 4.69) is 44.8 Å². The largest absolute Gasteiger partial charge is 0.341 e. The van der Waals surface area contributed by atoms with Crippen LogP contribution in [0.15, 0.2) is 0 Å². The van der Waals surface area contributed by atoms with Crippen molar-refractivity contribution < 1.29 is 4.79 Å². The zero-order valence-electron chi connectivity index (χ0n) is 14.1. The first-order valence-electron chi connectivity index (χ1n) is 8.44. The summed E-state index contributed by atoms with van der Waals surface area (Å²) in [6.07, 6.45) is 4.57. The number of hydrogen-bond donors (Lipinski definition) is 1. The standard InChI is InChI=1S/C17H34N2O/c1-13(2)8-11-19(12-9-14(3)4)17(20)16-15(5)7-6-10-18-16/h13-16,18H,6-12H2,1-5H3. The van der Waals surface area contributed by atoms with Crippen LogP contribution >= 0.6 is 0 Å². The lowest BCUT2D eigenvalue weighted by Crippen LogP contribution is -2.52. The molecule has 118 valence electrons. The summed E-state index contributed by atoms with van der Waals surface area (Å²) in [6, 6.07) is 0.0445. The molecule has 0 aliphatic carbocycles. The molecule has 0 bridgehead atoms. The fourth-order valence-electron chi connectivity index (χ4n) is 2.74. The second-order valence-electron chi connectivity index (χ2n) is 7.24. The Morgan fingerprint density at radius 3 is 2.15 bits per heavy atom. The maximum atomic E-state index is 12.8. The summed E-state index contributed by atoms with van der Waals surface area (Å²) in [5, 5.41) is 3.43. The number of nitrogens with one attached hydrogen (secondary N) is 1. The van der Waals surface area contributed by atoms with Crippen molar-refractivity contribution in [1.82, 2.24) is 10.2 Å². The van der Waals surface area contributed by atoms with Crippen LogP contribution in [0.5, 0.6) is 0 Å². The predicted molar refractivity (Wildman–Crippen MR) is 85.7 cm³/mol. The predicted octanol–water partition coefficient (Wildman–Crippen LogP) is 3.30. The maximum absolute atomic E-state index is 12.8. The van der Waals surface area contributed by atoms with Crippen LogP contribution in [0.2, 0.25) is 0 Å². The summed E-state index contributed by atoms with van der Waals surface area (Å²) in [7, 11) is 0. The molecule has 2 unspecified atom stereocenters. The molecule has 1 fully saturated rings. The van der Waals surface area contributed by atoms with Gasteiger partial charge in [-0.3, -0.25) is 4.79 Å². The van der Waals surface area contributed by atoms with Gasteiger partial charge >= 0.3 is 0 Å². The second kappa shape index (κ2) is 8.66. The van der Waals surface area contributed by atoms with Gasteiger partial charge in [0.1, 0.15) is 0 Å². The van der Waals surface area contributed by atoms with Gasteiger partial charge in [-0.05, 0) is 50.0 Å². The van der Waals surface area contributed by atoms with Crippen molar-refractivity contribution >= 4 is 5.91 Å². The van der Waals surface area contributed by atoms with Crippen molar-refractivity contribution in [2.45, 2.75) is 66.3 Å². The third kappa shape index (κ3) is 5.82. The molecule has 0 aromatic rings. The first-order valence-corrected chi connectivity index (χ1v) is 8.44. The molecule has 0 aromatic heterocycles. The van der Waals surface area contributed by atoms with Gasteiger partial charge in [0, 0.05) is 13.1 Å². The van der Waals surface area contributed by atoms with Crippen LogP contribution in [0.25, 0.3) is 0 Å². The summed E-state index contributed by atoms with van der Waals surface area (Å²) in [4.78, 5) is 14.9. The lowest BCUT2D eigenvalue weighted by Gasteiger charge is -2.34. The molecule has 1 aliphatic rings. The van der Waals surface area contributed by atoms with E-state index in [-0.39, 0.29) is 6.04 Å². The smallest absolute Gasteiger partial charge is 0.239 e. The zero-order valence-corrected chi connectivity index (χ0v) is 14.1. The third-order valence-corrected chi connectivity index (χ3v) is 4.30. The quantitative estimate of drug-likeness (QED) is 0.777. The summed E-state index contributed by atoms with van der Waals surface area (Å²) in [5.41, 5.74) is 0. The Morgan fingerprint density at radius 1 is 1.15 bits per heavy atom. The van der Waals surface area contributed by atoms with Crippen LogP contribution < -0.4 is 5.32 Å². The number of rotatable bonds is 7. The van der Waals surface area contributed by atoms with Crippen LogP contribution in [0, 0.1) is 17.8 Å². The second-order valence-corrected chi connectivity index (χ2v) is 7.24. The van der Waals surface area contributed by atoms with E-state index in [1.807, 2.05) is 0 Å². The summed E-state index contributed by atoms with van der Waals surface area (Å²) in [5.74, 6) is 2.11. The summed E-state index contributed by atoms with van der Waals surface area (Å²) >= 11 is 0. The van der Waals surface area contributed by atoms with E-state index < -0.39 is 0 Å². The number of piperidine rings is 1. The molecule has 0 saturated carbocycles. The topological polar surface area (TPSA) is 32.3 Å². The van der Waals surface area contributed by atoms with Crippen LogP contribution in [-0.4, -0.2) is 36.5 Å². The van der Waals surface area contributed by atoms with Crippen molar-refractivity contribution in [1.29, 1.82) is 0 Å². The van der Waals surface area contributed by atoms with E-state index in [4.69, 9.17) is 0 Å². The fraction of sp³-hybridized carbons (Fsp3) is 0.941. The number of nitrogens with zero attached hydrogens (tertiary/aromatic N) is 1. The highest BCUT2D eigenvalue weighted by atomic mass is 16.2. The van der Waals surface area contributed by atoms with Crippen molar-refractivity contribution in [3.63, 3.8) is 0 Å². The molecule has 1 rings (SSSR count). The van der Waals surface area contributed by atoms with E-state index in [1.165, 1.54) is 12.8 Å². The number of carbonyl (C=O) groups is 1. The minimum Gasteiger partial charge on any atom is -0.341 e. The molecule has 1 heterocycles. The molecule has 1 aliphatic heterocycles. The highest BCUT2D eigenvalue weighted by Gasteiger charge is 2.30. The number of hydrogen-bond acceptors (Lipinski definition) is 2. The molecule has 3 heteroatoms. The Labute approximate surface area is 125 Å². The maximum Gasteiger partial charge on any atom is 0.239 e. The Morgan fingerprint density at radius 2 is 1.70 bits per heavy atom. The van der Waals surface area contributed by atoms with Gasteiger partial charge in [0.25, 0.3) is 0 Å². The molecule has 3 nitrogen and oxygen atoms in total. The van der Waals surface area contributed by atoms with Gasteiger partial charge in [-0.1, -0.05) is 34.6 Å². The molecule has 1 amide bonds. The van der Waals surface area contributed by atoms with Gasteiger partial charge in [-0.25, -0.2) is 0 Å². The van der Waals surface area contributed by atoms with E-state index in [0.29, 0.717) is 23.7 Å². The van der Waals surface area contributed by atoms with Crippen molar-refractivity contribution in [2.24, 2.45) is 17.8 Å². The number of carbonyl (C=O) groups excluding carboxylic acids is 1. The van der Waals surface area contributed by atoms with Crippen LogP contribution in [0.1, 0.15) is 60.3 Å². The molecule has 1 saturated heterocycles. The first-order chi connectivity index (χ1) is 9.41. The van der Waals surface area contributed by atoms with Gasteiger partial charge in [-0.2, -0.15) is 0 Å². The lowest BCUT2D eigenvalue weighted by atomic mass is 9.91. The van der Waals surface area contributed by atoms with Crippen molar-refractivity contribution in [2.75, 3.05) is 19.6 Å². The van der Waals surface area contributed by atoms with E-state index >= 15 is 0 Å². The van der Waals surface area contributed by atoms with Crippen LogP contribution in [0.3, 0.4) is 0 Å². The zero-order chi connectivity index (χ0) is 15.1. The molecule has 0 aromatic carbocycles. The SMILES string of the molecule is CC(C)CCN(CCC(C)C)C(=O)C1NCCCC1C. The fourth-order valence-corrected chi connectivity index (χ4v) is 2.74. The van der Waals surface area contributed by atoms with Gasteiger partial charge in [0.05, 0.1) is 6.04 Å². The molecule has 2 atom stereocenters. The summed E-state index contributed by atoms with van der Waals surface area (Å²) < 4.78 is 0. The monoisotopic (exact) mass is 282 g/mol. The Kier molecular flexibility index (Phi) is 7.57. The average molecular weight is 282 g/mol.